The summed E-state index contributed by atoms with van der Waals surface area (Å²) in [4.78, 5) is 4.53. The summed E-state index contributed by atoms with van der Waals surface area (Å²) in [6.45, 7) is 2.26. The Morgan fingerprint density at radius 3 is 3.11 bits per heavy atom. The van der Waals surface area contributed by atoms with Crippen LogP contribution in [0.4, 0.5) is 5.95 Å². The van der Waals surface area contributed by atoms with E-state index in [-0.39, 0.29) is 0 Å². The number of rotatable bonds is 1. The number of nitrogens with two attached hydrogens (primary N) is 1. The number of hydrogen-bond acceptors (Lipinski definition) is 3. The van der Waals surface area contributed by atoms with Crippen molar-refractivity contribution < 1.29 is 0 Å². The van der Waals surface area contributed by atoms with Crippen molar-refractivity contribution in [2.45, 2.75) is 25.3 Å². The van der Waals surface area contributed by atoms with E-state index >= 15 is 0 Å². The number of para-hydroxylation sites is 1. The maximum atomic E-state index is 6.16. The number of nitrogens with one attached hydrogen (secondary N) is 1. The molecule has 2 aromatic rings. The Kier molecular flexibility index (Phi) is 2.14. The summed E-state index contributed by atoms with van der Waals surface area (Å²) in [6, 6.07) is 6.90. The van der Waals surface area contributed by atoms with Gasteiger partial charge in [0.2, 0.25) is 5.95 Å². The SMILES string of the molecule is Nc1nc2cccc3c2n1C(C1CCNC1)CC3. The van der Waals surface area contributed by atoms with Crippen molar-refractivity contribution in [3.63, 3.8) is 0 Å². The fraction of sp³-hybridized carbons (Fsp3) is 0.500. The normalized spacial score (nSPS) is 26.9. The summed E-state index contributed by atoms with van der Waals surface area (Å²) in [5.41, 5.74) is 9.89. The van der Waals surface area contributed by atoms with E-state index in [9.17, 15) is 0 Å². The molecule has 1 saturated heterocycles. The molecule has 0 saturated carbocycles. The third kappa shape index (κ3) is 1.32. The van der Waals surface area contributed by atoms with Gasteiger partial charge in [0.1, 0.15) is 0 Å². The molecule has 2 atom stereocenters. The van der Waals surface area contributed by atoms with Crippen LogP contribution >= 0.6 is 0 Å². The second kappa shape index (κ2) is 3.72. The highest BCUT2D eigenvalue weighted by Crippen LogP contribution is 2.38. The Morgan fingerprint density at radius 2 is 2.28 bits per heavy atom. The molecule has 18 heavy (non-hydrogen) atoms. The van der Waals surface area contributed by atoms with E-state index in [0.29, 0.717) is 17.9 Å². The first-order valence-electron chi connectivity index (χ1n) is 6.80. The van der Waals surface area contributed by atoms with Gasteiger partial charge in [0.25, 0.3) is 0 Å². The fourth-order valence-electron chi connectivity index (χ4n) is 3.66. The van der Waals surface area contributed by atoms with Crippen LogP contribution in [0.25, 0.3) is 11.0 Å². The number of nitrogens with zero attached hydrogens (tertiary/aromatic N) is 2. The maximum Gasteiger partial charge on any atom is 0.201 e. The van der Waals surface area contributed by atoms with E-state index < -0.39 is 0 Å². The largest absolute Gasteiger partial charge is 0.369 e. The Morgan fingerprint density at radius 1 is 1.33 bits per heavy atom. The van der Waals surface area contributed by atoms with Gasteiger partial charge in [-0.3, -0.25) is 0 Å². The zero-order valence-corrected chi connectivity index (χ0v) is 10.4. The monoisotopic (exact) mass is 242 g/mol. The van der Waals surface area contributed by atoms with E-state index in [1.54, 1.807) is 0 Å². The van der Waals surface area contributed by atoms with Crippen LogP contribution in [-0.2, 0) is 6.42 Å². The number of nitrogen functional groups attached to an aromatic ring is 1. The van der Waals surface area contributed by atoms with Crippen LogP contribution in [0.3, 0.4) is 0 Å². The summed E-state index contributed by atoms with van der Waals surface area (Å²) in [7, 11) is 0. The van der Waals surface area contributed by atoms with Gasteiger partial charge in [-0.25, -0.2) is 4.98 Å². The van der Waals surface area contributed by atoms with Gasteiger partial charge in [0.05, 0.1) is 11.0 Å². The van der Waals surface area contributed by atoms with Crippen LogP contribution in [0.15, 0.2) is 18.2 Å². The van der Waals surface area contributed by atoms with Gasteiger partial charge in [-0.05, 0) is 49.9 Å². The molecular formula is C14H18N4. The highest BCUT2D eigenvalue weighted by molar-refractivity contribution is 5.82. The minimum atomic E-state index is 0.528. The number of benzene rings is 1. The number of hydrogen-bond donors (Lipinski definition) is 2. The molecule has 4 nitrogen and oxygen atoms in total. The zero-order chi connectivity index (χ0) is 12.1. The van der Waals surface area contributed by atoms with Crippen molar-refractivity contribution in [3.8, 4) is 0 Å². The minimum Gasteiger partial charge on any atom is -0.369 e. The fourth-order valence-corrected chi connectivity index (χ4v) is 3.66. The summed E-state index contributed by atoms with van der Waals surface area (Å²) in [6.07, 6.45) is 3.61. The van der Waals surface area contributed by atoms with Gasteiger partial charge < -0.3 is 15.6 Å². The van der Waals surface area contributed by atoms with Crippen molar-refractivity contribution in [2.24, 2.45) is 5.92 Å². The molecule has 2 unspecified atom stereocenters. The molecule has 1 aromatic carbocycles. The van der Waals surface area contributed by atoms with Crippen molar-refractivity contribution in [2.75, 3.05) is 18.8 Å². The molecule has 3 heterocycles. The number of aryl methyl sites for hydroxylation is 1. The van der Waals surface area contributed by atoms with E-state index in [1.165, 1.54) is 23.9 Å². The average molecular weight is 242 g/mol. The lowest BCUT2D eigenvalue weighted by Gasteiger charge is -2.30. The topological polar surface area (TPSA) is 55.9 Å². The van der Waals surface area contributed by atoms with E-state index in [1.807, 2.05) is 0 Å². The number of anilines is 1. The van der Waals surface area contributed by atoms with Crippen molar-refractivity contribution in [1.82, 2.24) is 14.9 Å². The zero-order valence-electron chi connectivity index (χ0n) is 10.4. The summed E-state index contributed by atoms with van der Waals surface area (Å²) >= 11 is 0. The lowest BCUT2D eigenvalue weighted by molar-refractivity contribution is 0.332. The molecule has 0 amide bonds. The van der Waals surface area contributed by atoms with Crippen molar-refractivity contribution >= 4 is 17.0 Å². The van der Waals surface area contributed by atoms with Gasteiger partial charge in [-0.1, -0.05) is 12.1 Å². The summed E-state index contributed by atoms with van der Waals surface area (Å²) in [5.74, 6) is 1.40. The van der Waals surface area contributed by atoms with Gasteiger partial charge in [-0.2, -0.15) is 0 Å². The van der Waals surface area contributed by atoms with Crippen molar-refractivity contribution in [3.05, 3.63) is 23.8 Å². The first kappa shape index (κ1) is 10.4. The molecule has 0 bridgehead atoms. The average Bonchev–Trinajstić information content (AvgIpc) is 3.00. The smallest absolute Gasteiger partial charge is 0.201 e. The third-order valence-electron chi connectivity index (χ3n) is 4.50. The molecule has 0 spiro atoms. The molecule has 1 aromatic heterocycles. The van der Waals surface area contributed by atoms with Gasteiger partial charge in [0, 0.05) is 6.04 Å². The Balaban J connectivity index is 1.91. The molecule has 0 aliphatic carbocycles. The van der Waals surface area contributed by atoms with Gasteiger partial charge in [0.15, 0.2) is 0 Å². The Hall–Kier alpha value is -1.55. The molecule has 3 N–H and O–H groups in total. The van der Waals surface area contributed by atoms with Crippen molar-refractivity contribution in [1.29, 1.82) is 0 Å². The van der Waals surface area contributed by atoms with Crippen LogP contribution in [-0.4, -0.2) is 22.6 Å². The Bertz CT molecular complexity index is 595. The molecule has 0 radical (unpaired) electrons. The molecular weight excluding hydrogens is 224 g/mol. The van der Waals surface area contributed by atoms with Crippen LogP contribution in [0, 0.1) is 5.92 Å². The van der Waals surface area contributed by atoms with Crippen LogP contribution in [0.1, 0.15) is 24.4 Å². The highest BCUT2D eigenvalue weighted by atomic mass is 15.2. The molecule has 1 fully saturated rings. The second-order valence-corrected chi connectivity index (χ2v) is 5.48. The summed E-state index contributed by atoms with van der Waals surface area (Å²) in [5, 5.41) is 3.46. The molecule has 4 heteroatoms. The van der Waals surface area contributed by atoms with Gasteiger partial charge >= 0.3 is 0 Å². The first-order chi connectivity index (χ1) is 8.84. The standard InChI is InChI=1S/C14H18N4/c15-14-17-11-3-1-2-9-4-5-12(18(14)13(9)11)10-6-7-16-8-10/h1-3,10,12,16H,4-8H2,(H2,15,17). The van der Waals surface area contributed by atoms with Crippen LogP contribution < -0.4 is 11.1 Å². The lowest BCUT2D eigenvalue weighted by Crippen LogP contribution is -2.26. The predicted octanol–water partition coefficient (Wildman–Crippen LogP) is 1.72. The molecule has 2 aliphatic heterocycles. The van der Waals surface area contributed by atoms with Gasteiger partial charge in [-0.15, -0.1) is 0 Å². The van der Waals surface area contributed by atoms with Crippen LogP contribution in [0.2, 0.25) is 0 Å². The van der Waals surface area contributed by atoms with E-state index in [0.717, 1.165) is 25.0 Å². The maximum absolute atomic E-state index is 6.16. The predicted molar refractivity (Wildman–Crippen MR) is 72.5 cm³/mol. The number of imidazole rings is 1. The summed E-state index contributed by atoms with van der Waals surface area (Å²) < 4.78 is 2.30. The van der Waals surface area contributed by atoms with E-state index in [2.05, 4.69) is 33.1 Å². The van der Waals surface area contributed by atoms with E-state index in [4.69, 9.17) is 5.73 Å². The Labute approximate surface area is 106 Å². The molecule has 94 valence electrons. The molecule has 4 rings (SSSR count). The third-order valence-corrected chi connectivity index (χ3v) is 4.50. The minimum absolute atomic E-state index is 0.528. The lowest BCUT2D eigenvalue weighted by atomic mass is 9.89. The van der Waals surface area contributed by atoms with Crippen LogP contribution in [0.5, 0.6) is 0 Å². The highest BCUT2D eigenvalue weighted by Gasteiger charge is 2.31. The second-order valence-electron chi connectivity index (χ2n) is 5.48. The quantitative estimate of drug-likeness (QED) is 0.800. The molecule has 2 aliphatic rings. The number of aromatic nitrogens is 2. The first-order valence-corrected chi connectivity index (χ1v) is 6.80.